The lowest BCUT2D eigenvalue weighted by Gasteiger charge is -2.13. The average Bonchev–Trinajstić information content (AvgIpc) is 2.81. The fourth-order valence-electron chi connectivity index (χ4n) is 1.08. The molecule has 102 valence electrons. The average molecular weight is 260 g/mol. The van der Waals surface area contributed by atoms with Gasteiger partial charge in [-0.15, -0.1) is 0 Å². The number of nitro groups is 2. The quantitative estimate of drug-likeness (QED) is 0.616. The molecule has 0 aliphatic heterocycles. The predicted octanol–water partition coefficient (Wildman–Crippen LogP) is 0.969. The molecule has 1 heterocycles. The Morgan fingerprint density at radius 1 is 1.11 bits per heavy atom. The number of aromatic amines is 1. The largest absolute Gasteiger partial charge is 0.508 e. The zero-order valence-electron chi connectivity index (χ0n) is 10.5. The SMILES string of the molecule is CCN(CC)CC.O=[N+]([O-])c1n[nH]c([N+](=O)[O-])n1. The number of nitrogens with one attached hydrogen (secondary N) is 1. The molecule has 0 aromatic carbocycles. The summed E-state index contributed by atoms with van der Waals surface area (Å²) in [6, 6.07) is 0. The van der Waals surface area contributed by atoms with Crippen LogP contribution < -0.4 is 0 Å². The molecule has 0 unspecified atom stereocenters. The van der Waals surface area contributed by atoms with Gasteiger partial charge in [-0.2, -0.15) is 0 Å². The first-order valence-electron chi connectivity index (χ1n) is 5.39. The van der Waals surface area contributed by atoms with Gasteiger partial charge < -0.3 is 25.1 Å². The van der Waals surface area contributed by atoms with E-state index < -0.39 is 21.7 Å². The van der Waals surface area contributed by atoms with Crippen LogP contribution in [0.5, 0.6) is 0 Å². The molecule has 0 saturated heterocycles. The molecule has 18 heavy (non-hydrogen) atoms. The minimum Gasteiger partial charge on any atom is -0.390 e. The van der Waals surface area contributed by atoms with Crippen molar-refractivity contribution in [3.63, 3.8) is 0 Å². The van der Waals surface area contributed by atoms with Crippen molar-refractivity contribution < 1.29 is 9.85 Å². The highest BCUT2D eigenvalue weighted by molar-refractivity contribution is 5.10. The van der Waals surface area contributed by atoms with Gasteiger partial charge in [0.05, 0.1) is 5.10 Å². The van der Waals surface area contributed by atoms with Crippen molar-refractivity contribution in [2.45, 2.75) is 20.8 Å². The standard InChI is InChI=1S/C6H15N.C2HN5O4/c1-4-7(5-2)6-3;8-6(9)1-3-2(5-4-1)7(10)11/h4-6H2,1-3H3;(H,3,4,5). The molecular formula is C8H16N6O4. The molecule has 0 amide bonds. The minimum atomic E-state index is -0.927. The molecular weight excluding hydrogens is 244 g/mol. The maximum absolute atomic E-state index is 9.89. The number of H-pyrrole nitrogens is 1. The molecule has 0 radical (unpaired) electrons. The summed E-state index contributed by atoms with van der Waals surface area (Å²) >= 11 is 0. The molecule has 0 aliphatic carbocycles. The summed E-state index contributed by atoms with van der Waals surface area (Å²) in [6.07, 6.45) is 0. The summed E-state index contributed by atoms with van der Waals surface area (Å²) in [5, 5.41) is 24.5. The minimum absolute atomic E-state index is 0.739. The number of hydrogen-bond acceptors (Lipinski definition) is 7. The Kier molecular flexibility index (Phi) is 7.12. The second-order valence-electron chi connectivity index (χ2n) is 3.09. The molecule has 0 aliphatic rings. The zero-order valence-corrected chi connectivity index (χ0v) is 10.5. The van der Waals surface area contributed by atoms with Crippen molar-refractivity contribution in [2.24, 2.45) is 0 Å². The van der Waals surface area contributed by atoms with E-state index in [2.05, 4.69) is 35.8 Å². The first-order valence-corrected chi connectivity index (χ1v) is 5.39. The third kappa shape index (κ3) is 5.30. The monoisotopic (exact) mass is 260 g/mol. The van der Waals surface area contributed by atoms with Crippen molar-refractivity contribution in [3.05, 3.63) is 20.2 Å². The van der Waals surface area contributed by atoms with Gasteiger partial charge >= 0.3 is 11.9 Å². The summed E-state index contributed by atoms with van der Waals surface area (Å²) in [7, 11) is 0. The summed E-state index contributed by atoms with van der Waals surface area (Å²) in [5.74, 6) is -1.55. The van der Waals surface area contributed by atoms with Crippen LogP contribution in [0.25, 0.3) is 0 Å². The van der Waals surface area contributed by atoms with Gasteiger partial charge in [0.15, 0.2) is 0 Å². The van der Waals surface area contributed by atoms with Crippen LogP contribution in [0.1, 0.15) is 20.8 Å². The first kappa shape index (κ1) is 15.9. The van der Waals surface area contributed by atoms with Crippen molar-refractivity contribution in [2.75, 3.05) is 19.6 Å². The highest BCUT2D eigenvalue weighted by atomic mass is 16.6. The third-order valence-corrected chi connectivity index (χ3v) is 2.14. The van der Waals surface area contributed by atoms with E-state index in [0.717, 1.165) is 0 Å². The van der Waals surface area contributed by atoms with Crippen LogP contribution in [0, 0.1) is 20.2 Å². The molecule has 1 rings (SSSR count). The molecule has 0 saturated carbocycles. The molecule has 0 fully saturated rings. The van der Waals surface area contributed by atoms with Crippen LogP contribution >= 0.6 is 0 Å². The maximum Gasteiger partial charge on any atom is 0.508 e. The van der Waals surface area contributed by atoms with Gasteiger partial charge in [0.1, 0.15) is 0 Å². The Bertz CT molecular complexity index is 355. The fourth-order valence-corrected chi connectivity index (χ4v) is 1.08. The lowest BCUT2D eigenvalue weighted by molar-refractivity contribution is -0.403. The van der Waals surface area contributed by atoms with Crippen molar-refractivity contribution in [1.29, 1.82) is 0 Å². The van der Waals surface area contributed by atoms with Crippen LogP contribution in [-0.4, -0.2) is 49.6 Å². The normalized spacial score (nSPS) is 9.78. The Hall–Kier alpha value is -2.10. The van der Waals surface area contributed by atoms with E-state index in [0.29, 0.717) is 0 Å². The molecule has 1 aromatic rings. The summed E-state index contributed by atoms with van der Waals surface area (Å²) < 4.78 is 0. The van der Waals surface area contributed by atoms with E-state index in [1.54, 1.807) is 5.10 Å². The van der Waals surface area contributed by atoms with E-state index in [9.17, 15) is 20.2 Å². The van der Waals surface area contributed by atoms with E-state index in [-0.39, 0.29) is 0 Å². The summed E-state index contributed by atoms with van der Waals surface area (Å²) in [5.41, 5.74) is 0. The Morgan fingerprint density at radius 2 is 1.61 bits per heavy atom. The van der Waals surface area contributed by atoms with Crippen molar-refractivity contribution in [1.82, 2.24) is 20.1 Å². The van der Waals surface area contributed by atoms with E-state index >= 15 is 0 Å². The first-order chi connectivity index (χ1) is 8.46. The number of nitrogens with zero attached hydrogens (tertiary/aromatic N) is 5. The van der Waals surface area contributed by atoms with Crippen LogP contribution in [0.15, 0.2) is 0 Å². The lowest BCUT2D eigenvalue weighted by atomic mass is 10.5. The van der Waals surface area contributed by atoms with Crippen LogP contribution in [0.3, 0.4) is 0 Å². The molecule has 10 nitrogen and oxygen atoms in total. The molecule has 0 spiro atoms. The Labute approximate surface area is 103 Å². The zero-order chi connectivity index (χ0) is 14.1. The molecule has 10 heteroatoms. The van der Waals surface area contributed by atoms with E-state index in [4.69, 9.17) is 0 Å². The van der Waals surface area contributed by atoms with Crippen molar-refractivity contribution in [3.8, 4) is 0 Å². The maximum atomic E-state index is 9.89. The second kappa shape index (κ2) is 8.06. The smallest absolute Gasteiger partial charge is 0.390 e. The number of hydrogen-bond donors (Lipinski definition) is 1. The van der Waals surface area contributed by atoms with Crippen LogP contribution in [0.2, 0.25) is 0 Å². The summed E-state index contributed by atoms with van der Waals surface area (Å²) in [4.78, 5) is 23.3. The van der Waals surface area contributed by atoms with Crippen molar-refractivity contribution >= 4 is 11.9 Å². The Balaban J connectivity index is 0.000000360. The van der Waals surface area contributed by atoms with Gasteiger partial charge in [0.25, 0.3) is 0 Å². The van der Waals surface area contributed by atoms with Crippen LogP contribution in [-0.2, 0) is 0 Å². The van der Waals surface area contributed by atoms with Gasteiger partial charge in [0, 0.05) is 4.98 Å². The van der Waals surface area contributed by atoms with Gasteiger partial charge in [0.2, 0.25) is 0 Å². The third-order valence-electron chi connectivity index (χ3n) is 2.14. The molecule has 0 atom stereocenters. The molecule has 0 bridgehead atoms. The fraction of sp³-hybridized carbons (Fsp3) is 0.750. The molecule has 1 aromatic heterocycles. The topological polar surface area (TPSA) is 131 Å². The van der Waals surface area contributed by atoms with Gasteiger partial charge in [-0.05, 0) is 29.5 Å². The van der Waals surface area contributed by atoms with Gasteiger partial charge in [-0.3, -0.25) is 0 Å². The number of rotatable bonds is 5. The van der Waals surface area contributed by atoms with Crippen LogP contribution in [0.4, 0.5) is 11.9 Å². The molecule has 1 N–H and O–H groups in total. The summed E-state index contributed by atoms with van der Waals surface area (Å²) in [6.45, 7) is 10.1. The number of aromatic nitrogens is 3. The lowest BCUT2D eigenvalue weighted by Crippen LogP contribution is -2.21. The van der Waals surface area contributed by atoms with Gasteiger partial charge in [-0.25, -0.2) is 0 Å². The van der Waals surface area contributed by atoms with E-state index in [1.165, 1.54) is 19.6 Å². The highest BCUT2D eigenvalue weighted by Gasteiger charge is 2.20. The predicted molar refractivity (Wildman–Crippen MR) is 63.2 cm³/mol. The second-order valence-corrected chi connectivity index (χ2v) is 3.09. The van der Waals surface area contributed by atoms with Gasteiger partial charge in [-0.1, -0.05) is 25.9 Å². The Morgan fingerprint density at radius 3 is 1.78 bits per heavy atom. The highest BCUT2D eigenvalue weighted by Crippen LogP contribution is 2.06. The van der Waals surface area contributed by atoms with E-state index in [1.807, 2.05) is 0 Å².